The van der Waals surface area contributed by atoms with Gasteiger partial charge >= 0.3 is 5.97 Å². The van der Waals surface area contributed by atoms with E-state index in [1.165, 1.54) is 0 Å². The summed E-state index contributed by atoms with van der Waals surface area (Å²) in [6, 6.07) is 6.74. The topological polar surface area (TPSA) is 68.6 Å². The van der Waals surface area contributed by atoms with E-state index >= 15 is 0 Å². The molecule has 1 aliphatic carbocycles. The van der Waals surface area contributed by atoms with Gasteiger partial charge in [-0.25, -0.2) is 4.79 Å². The van der Waals surface area contributed by atoms with Gasteiger partial charge in [-0.3, -0.25) is 0 Å². The summed E-state index contributed by atoms with van der Waals surface area (Å²) in [5.74, 6) is 0.517. The van der Waals surface area contributed by atoms with Crippen molar-refractivity contribution in [2.75, 3.05) is 6.61 Å². The minimum Gasteiger partial charge on any atom is -0.461 e. The lowest BCUT2D eigenvalue weighted by molar-refractivity contribution is -0.161. The highest BCUT2D eigenvalue weighted by Gasteiger charge is 2.21. The molecular weight excluding hydrogens is 377 g/mol. The molecule has 26 heavy (non-hydrogen) atoms. The highest BCUT2D eigenvalue weighted by atomic mass is 35.5. The lowest BCUT2D eigenvalue weighted by atomic mass is 10.1. The molecule has 138 valence electrons. The molecule has 1 aliphatic rings. The summed E-state index contributed by atoms with van der Waals surface area (Å²) in [6.07, 6.45) is 3.30. The van der Waals surface area contributed by atoms with Crippen LogP contribution in [0.3, 0.4) is 0 Å². The van der Waals surface area contributed by atoms with Gasteiger partial charge in [-0.15, -0.1) is 0 Å². The molecule has 0 saturated heterocycles. The fourth-order valence-corrected chi connectivity index (χ4v) is 2.74. The first-order valence-electron chi connectivity index (χ1n) is 7.94. The van der Waals surface area contributed by atoms with Crippen molar-refractivity contribution in [1.82, 2.24) is 0 Å². The first-order chi connectivity index (χ1) is 12.1. The fraction of sp³-hybridized carbons (Fsp3) is 0.368. The molecule has 0 heterocycles. The van der Waals surface area contributed by atoms with Gasteiger partial charge in [0.2, 0.25) is 0 Å². The Morgan fingerprint density at radius 1 is 1.31 bits per heavy atom. The Hall–Kier alpha value is -2.00. The molecule has 0 fully saturated rings. The van der Waals surface area contributed by atoms with Crippen molar-refractivity contribution in [2.45, 2.75) is 38.9 Å². The number of hydrogen-bond donors (Lipinski definition) is 0. The third-order valence-electron chi connectivity index (χ3n) is 3.13. The van der Waals surface area contributed by atoms with Crippen molar-refractivity contribution in [3.05, 3.63) is 51.7 Å². The molecule has 0 aliphatic heterocycles. The average Bonchev–Trinajstić information content (AvgIpc) is 2.50. The van der Waals surface area contributed by atoms with Crippen molar-refractivity contribution in [3.63, 3.8) is 0 Å². The van der Waals surface area contributed by atoms with Crippen LogP contribution in [0.2, 0.25) is 5.02 Å². The highest BCUT2D eigenvalue weighted by Crippen LogP contribution is 2.28. The van der Waals surface area contributed by atoms with E-state index in [0.29, 0.717) is 33.5 Å². The second-order valence-corrected chi connectivity index (χ2v) is 7.56. The summed E-state index contributed by atoms with van der Waals surface area (Å²) in [6.45, 7) is 5.18. The van der Waals surface area contributed by atoms with Crippen molar-refractivity contribution < 1.29 is 19.0 Å². The highest BCUT2D eigenvalue weighted by molar-refractivity contribution is 6.31. The molecular formula is C19H19Cl2NO4. The maximum absolute atomic E-state index is 11.8. The number of nitriles is 1. The molecule has 0 saturated carbocycles. The number of allylic oxidation sites excluding steroid dienone is 2. The Bertz CT molecular complexity index is 788. The normalized spacial score (nSPS) is 17.0. The van der Waals surface area contributed by atoms with E-state index in [4.69, 9.17) is 42.7 Å². The van der Waals surface area contributed by atoms with Gasteiger partial charge in [0.1, 0.15) is 23.7 Å². The van der Waals surface area contributed by atoms with E-state index in [0.717, 1.165) is 0 Å². The van der Waals surface area contributed by atoms with E-state index in [2.05, 4.69) is 0 Å². The predicted octanol–water partition coefficient (Wildman–Crippen LogP) is 4.73. The van der Waals surface area contributed by atoms with E-state index in [1.54, 1.807) is 51.1 Å². The molecule has 1 aromatic rings. The molecule has 7 heteroatoms. The lowest BCUT2D eigenvalue weighted by Gasteiger charge is -2.23. The number of carbonyl (C=O) groups is 1. The first kappa shape index (κ1) is 20.3. The van der Waals surface area contributed by atoms with E-state index in [1.807, 2.05) is 6.07 Å². The van der Waals surface area contributed by atoms with Gasteiger partial charge in [-0.2, -0.15) is 5.26 Å². The van der Waals surface area contributed by atoms with E-state index < -0.39 is 17.7 Å². The SMILES string of the molecule is CC(C)(C)OC(=O)COC1C=C(Cl)C=C(Oc2cc(Cl)cc(C#N)c2)C1. The molecule has 0 bridgehead atoms. The predicted molar refractivity (Wildman–Crippen MR) is 99.0 cm³/mol. The van der Waals surface area contributed by atoms with Crippen LogP contribution in [0.15, 0.2) is 41.1 Å². The van der Waals surface area contributed by atoms with Crippen LogP contribution in [0.1, 0.15) is 32.8 Å². The summed E-state index contributed by atoms with van der Waals surface area (Å²) in [4.78, 5) is 11.8. The number of halogens is 2. The summed E-state index contributed by atoms with van der Waals surface area (Å²) in [7, 11) is 0. The molecule has 0 aromatic heterocycles. The van der Waals surface area contributed by atoms with Gasteiger partial charge in [-0.05, 0) is 51.1 Å². The Morgan fingerprint density at radius 2 is 2.04 bits per heavy atom. The third-order valence-corrected chi connectivity index (χ3v) is 3.58. The zero-order valence-electron chi connectivity index (χ0n) is 14.7. The maximum atomic E-state index is 11.8. The van der Waals surface area contributed by atoms with Crippen molar-refractivity contribution in [1.29, 1.82) is 5.26 Å². The van der Waals surface area contributed by atoms with Crippen LogP contribution in [-0.2, 0) is 14.3 Å². The summed E-state index contributed by atoms with van der Waals surface area (Å²) in [5, 5.41) is 9.84. The molecule has 0 N–H and O–H groups in total. The zero-order chi connectivity index (χ0) is 19.3. The Kier molecular flexibility index (Phi) is 6.71. The quantitative estimate of drug-likeness (QED) is 0.674. The summed E-state index contributed by atoms with van der Waals surface area (Å²) >= 11 is 12.1. The van der Waals surface area contributed by atoms with Crippen molar-refractivity contribution in [2.24, 2.45) is 0 Å². The Labute approximate surface area is 162 Å². The first-order valence-corrected chi connectivity index (χ1v) is 8.70. The van der Waals surface area contributed by atoms with Gasteiger partial charge in [0, 0.05) is 16.5 Å². The minimum atomic E-state index is -0.570. The number of nitrogens with zero attached hydrogens (tertiary/aromatic N) is 1. The Balaban J connectivity index is 1.98. The largest absolute Gasteiger partial charge is 0.461 e. The van der Waals surface area contributed by atoms with Crippen LogP contribution in [0.25, 0.3) is 0 Å². The molecule has 1 unspecified atom stereocenters. The lowest BCUT2D eigenvalue weighted by Crippen LogP contribution is -2.28. The van der Waals surface area contributed by atoms with Crippen LogP contribution >= 0.6 is 23.2 Å². The minimum absolute atomic E-state index is 0.189. The number of ether oxygens (including phenoxy) is 3. The second kappa shape index (κ2) is 8.59. The van der Waals surface area contributed by atoms with Crippen LogP contribution in [-0.4, -0.2) is 24.3 Å². The molecule has 1 aromatic carbocycles. The van der Waals surface area contributed by atoms with Crippen LogP contribution in [0, 0.1) is 11.3 Å². The van der Waals surface area contributed by atoms with E-state index in [9.17, 15) is 4.79 Å². The van der Waals surface area contributed by atoms with Crippen LogP contribution in [0.5, 0.6) is 5.75 Å². The molecule has 0 radical (unpaired) electrons. The maximum Gasteiger partial charge on any atom is 0.332 e. The molecule has 2 rings (SSSR count). The average molecular weight is 396 g/mol. The fourth-order valence-electron chi connectivity index (χ4n) is 2.26. The smallest absolute Gasteiger partial charge is 0.332 e. The van der Waals surface area contributed by atoms with Crippen LogP contribution < -0.4 is 4.74 Å². The van der Waals surface area contributed by atoms with Gasteiger partial charge < -0.3 is 14.2 Å². The van der Waals surface area contributed by atoms with Crippen LogP contribution in [0.4, 0.5) is 0 Å². The standard InChI is InChI=1S/C19H19Cl2NO4/c1-19(2,3)26-18(23)11-24-15-6-14(21)8-17(9-15)25-16-5-12(10-22)4-13(20)7-16/h4-8,15H,9,11H2,1-3H3. The zero-order valence-corrected chi connectivity index (χ0v) is 16.2. The monoisotopic (exact) mass is 395 g/mol. The second-order valence-electron chi connectivity index (χ2n) is 6.69. The van der Waals surface area contributed by atoms with Crippen molar-refractivity contribution >= 4 is 29.2 Å². The summed E-state index contributed by atoms with van der Waals surface area (Å²) in [5.41, 5.74) is -0.178. The number of esters is 1. The number of benzene rings is 1. The molecule has 0 spiro atoms. The molecule has 0 amide bonds. The Morgan fingerprint density at radius 3 is 2.69 bits per heavy atom. The van der Waals surface area contributed by atoms with Crippen molar-refractivity contribution in [3.8, 4) is 11.8 Å². The van der Waals surface area contributed by atoms with Gasteiger partial charge in [-0.1, -0.05) is 23.2 Å². The van der Waals surface area contributed by atoms with Gasteiger partial charge in [0.15, 0.2) is 0 Å². The van der Waals surface area contributed by atoms with E-state index in [-0.39, 0.29) is 6.61 Å². The number of carbonyl (C=O) groups excluding carboxylic acids is 1. The third kappa shape index (κ3) is 6.72. The van der Waals surface area contributed by atoms with Gasteiger partial charge in [0.05, 0.1) is 17.7 Å². The number of rotatable bonds is 5. The number of hydrogen-bond acceptors (Lipinski definition) is 5. The molecule has 1 atom stereocenters. The van der Waals surface area contributed by atoms with Gasteiger partial charge in [0.25, 0.3) is 0 Å². The molecule has 5 nitrogen and oxygen atoms in total. The summed E-state index contributed by atoms with van der Waals surface area (Å²) < 4.78 is 16.5.